The minimum atomic E-state index is -0.192. The number of aryl methyl sites for hydroxylation is 2. The number of halogens is 1. The Morgan fingerprint density at radius 2 is 1.96 bits per heavy atom. The van der Waals surface area contributed by atoms with Crippen molar-refractivity contribution in [3.8, 4) is 11.5 Å². The third-order valence-corrected chi connectivity index (χ3v) is 4.16. The molecule has 0 radical (unpaired) electrons. The highest BCUT2D eigenvalue weighted by Gasteiger charge is 2.16. The first-order valence-electron chi connectivity index (χ1n) is 7.85. The van der Waals surface area contributed by atoms with Crippen molar-refractivity contribution in [1.82, 2.24) is 0 Å². The summed E-state index contributed by atoms with van der Waals surface area (Å²) in [6.07, 6.45) is 0.893. The number of ether oxygens (including phenoxy) is 2. The summed E-state index contributed by atoms with van der Waals surface area (Å²) in [5, 5.41) is 2.94. The second-order valence-electron chi connectivity index (χ2n) is 5.61. The number of anilines is 1. The molecule has 0 fully saturated rings. The van der Waals surface area contributed by atoms with E-state index in [1.54, 1.807) is 19.2 Å². The number of carbonyl (C=O) groups excluding carboxylic acids is 1. The summed E-state index contributed by atoms with van der Waals surface area (Å²) in [7, 11) is 1.56. The van der Waals surface area contributed by atoms with E-state index in [-0.39, 0.29) is 5.91 Å². The molecule has 24 heavy (non-hydrogen) atoms. The smallest absolute Gasteiger partial charge is 0.255 e. The average molecular weight is 392 g/mol. The average Bonchev–Trinajstić information content (AvgIpc) is 2.55. The van der Waals surface area contributed by atoms with E-state index < -0.39 is 0 Å². The van der Waals surface area contributed by atoms with E-state index in [0.717, 1.165) is 23.2 Å². The van der Waals surface area contributed by atoms with E-state index in [4.69, 9.17) is 9.47 Å². The highest BCUT2D eigenvalue weighted by Crippen LogP contribution is 2.37. The van der Waals surface area contributed by atoms with Crippen LogP contribution in [0, 0.1) is 13.8 Å². The van der Waals surface area contributed by atoms with Gasteiger partial charge in [-0.3, -0.25) is 4.79 Å². The molecule has 0 saturated carbocycles. The Morgan fingerprint density at radius 3 is 2.58 bits per heavy atom. The summed E-state index contributed by atoms with van der Waals surface area (Å²) in [6.45, 7) is 6.62. The van der Waals surface area contributed by atoms with Crippen LogP contribution in [0.25, 0.3) is 0 Å². The molecule has 1 N–H and O–H groups in total. The summed E-state index contributed by atoms with van der Waals surface area (Å²) in [5.74, 6) is 0.953. The van der Waals surface area contributed by atoms with Crippen molar-refractivity contribution in [3.63, 3.8) is 0 Å². The summed E-state index contributed by atoms with van der Waals surface area (Å²) in [4.78, 5) is 12.6. The van der Waals surface area contributed by atoms with Gasteiger partial charge in [0.25, 0.3) is 5.91 Å². The first-order chi connectivity index (χ1) is 11.5. The maximum absolute atomic E-state index is 12.6. The quantitative estimate of drug-likeness (QED) is 0.743. The van der Waals surface area contributed by atoms with Crippen LogP contribution in [0.4, 0.5) is 5.69 Å². The zero-order valence-electron chi connectivity index (χ0n) is 14.4. The molecule has 0 spiro atoms. The van der Waals surface area contributed by atoms with Crippen molar-refractivity contribution < 1.29 is 14.3 Å². The Kier molecular flexibility index (Phi) is 6.26. The molecule has 128 valence electrons. The third-order valence-electron chi connectivity index (χ3n) is 3.57. The van der Waals surface area contributed by atoms with Gasteiger partial charge >= 0.3 is 0 Å². The fourth-order valence-electron chi connectivity index (χ4n) is 2.34. The van der Waals surface area contributed by atoms with Gasteiger partial charge in [0.15, 0.2) is 11.5 Å². The molecule has 2 aromatic carbocycles. The predicted molar refractivity (Wildman–Crippen MR) is 100 cm³/mol. The van der Waals surface area contributed by atoms with Crippen LogP contribution < -0.4 is 14.8 Å². The van der Waals surface area contributed by atoms with Crippen molar-refractivity contribution in [2.24, 2.45) is 0 Å². The van der Waals surface area contributed by atoms with Crippen LogP contribution in [0.1, 0.15) is 34.8 Å². The zero-order chi connectivity index (χ0) is 17.7. The molecule has 4 nitrogen and oxygen atoms in total. The number of carbonyl (C=O) groups is 1. The normalized spacial score (nSPS) is 10.4. The summed E-state index contributed by atoms with van der Waals surface area (Å²) in [5.41, 5.74) is 3.49. The molecule has 0 heterocycles. The maximum Gasteiger partial charge on any atom is 0.255 e. The number of nitrogens with one attached hydrogen (secondary N) is 1. The highest BCUT2D eigenvalue weighted by atomic mass is 79.9. The molecule has 0 atom stereocenters. The van der Waals surface area contributed by atoms with E-state index in [2.05, 4.69) is 21.2 Å². The lowest BCUT2D eigenvalue weighted by atomic mass is 10.1. The number of methoxy groups -OCH3 is 1. The van der Waals surface area contributed by atoms with Crippen molar-refractivity contribution >= 4 is 27.5 Å². The monoisotopic (exact) mass is 391 g/mol. The van der Waals surface area contributed by atoms with Crippen LogP contribution in [0.15, 0.2) is 34.8 Å². The number of benzene rings is 2. The van der Waals surface area contributed by atoms with Crippen molar-refractivity contribution in [2.45, 2.75) is 27.2 Å². The molecule has 0 unspecified atom stereocenters. The molecule has 2 aromatic rings. The Bertz CT molecular complexity index is 744. The van der Waals surface area contributed by atoms with Crippen LogP contribution in [0.5, 0.6) is 11.5 Å². The Balaban J connectivity index is 2.27. The molecule has 0 bridgehead atoms. The van der Waals surface area contributed by atoms with E-state index in [1.165, 1.54) is 0 Å². The molecule has 2 rings (SSSR count). The maximum atomic E-state index is 12.6. The van der Waals surface area contributed by atoms with Crippen molar-refractivity contribution in [3.05, 3.63) is 51.5 Å². The second-order valence-corrected chi connectivity index (χ2v) is 6.46. The number of hydrogen-bond donors (Lipinski definition) is 1. The van der Waals surface area contributed by atoms with Gasteiger partial charge in [0.05, 0.1) is 18.2 Å². The minimum absolute atomic E-state index is 0.192. The third kappa shape index (κ3) is 4.29. The van der Waals surface area contributed by atoms with Gasteiger partial charge in [0.1, 0.15) is 0 Å². The predicted octanol–water partition coefficient (Wildman–Crippen LogP) is 5.12. The Labute approximate surface area is 151 Å². The lowest BCUT2D eigenvalue weighted by Gasteiger charge is -2.14. The molecule has 0 saturated heterocycles. The summed E-state index contributed by atoms with van der Waals surface area (Å²) < 4.78 is 11.8. The van der Waals surface area contributed by atoms with Crippen LogP contribution in [-0.2, 0) is 0 Å². The number of hydrogen-bond acceptors (Lipinski definition) is 3. The lowest BCUT2D eigenvalue weighted by molar-refractivity contribution is 0.102. The molecule has 0 aromatic heterocycles. The zero-order valence-corrected chi connectivity index (χ0v) is 16.0. The van der Waals surface area contributed by atoms with Gasteiger partial charge in [-0.25, -0.2) is 0 Å². The van der Waals surface area contributed by atoms with E-state index in [9.17, 15) is 4.79 Å². The van der Waals surface area contributed by atoms with Gasteiger partial charge in [-0.15, -0.1) is 0 Å². The van der Waals surface area contributed by atoms with Gasteiger partial charge in [-0.2, -0.15) is 0 Å². The Hall–Kier alpha value is -2.01. The van der Waals surface area contributed by atoms with Crippen molar-refractivity contribution in [2.75, 3.05) is 19.0 Å². The summed E-state index contributed by atoms with van der Waals surface area (Å²) in [6, 6.07) is 9.35. The van der Waals surface area contributed by atoms with Gasteiger partial charge < -0.3 is 14.8 Å². The first kappa shape index (κ1) is 18.3. The number of amides is 1. The molecular formula is C19H22BrNO3. The van der Waals surface area contributed by atoms with E-state index in [0.29, 0.717) is 28.1 Å². The topological polar surface area (TPSA) is 47.6 Å². The largest absolute Gasteiger partial charge is 0.493 e. The number of rotatable bonds is 6. The summed E-state index contributed by atoms with van der Waals surface area (Å²) >= 11 is 3.46. The SMILES string of the molecule is CCCOc1c(Br)cc(C(=O)Nc2ccc(C)cc2C)cc1OC. The highest BCUT2D eigenvalue weighted by molar-refractivity contribution is 9.10. The van der Waals surface area contributed by atoms with E-state index >= 15 is 0 Å². The molecule has 0 aliphatic rings. The fraction of sp³-hybridized carbons (Fsp3) is 0.316. The van der Waals surface area contributed by atoms with Crippen LogP contribution >= 0.6 is 15.9 Å². The van der Waals surface area contributed by atoms with Gasteiger partial charge in [-0.05, 0) is 60.0 Å². The van der Waals surface area contributed by atoms with Gasteiger partial charge in [0, 0.05) is 11.3 Å². The molecule has 0 aliphatic carbocycles. The molecule has 5 heteroatoms. The molecule has 1 amide bonds. The van der Waals surface area contributed by atoms with Gasteiger partial charge in [-0.1, -0.05) is 24.6 Å². The minimum Gasteiger partial charge on any atom is -0.493 e. The fourth-order valence-corrected chi connectivity index (χ4v) is 2.90. The van der Waals surface area contributed by atoms with E-state index in [1.807, 2.05) is 39.0 Å². The van der Waals surface area contributed by atoms with Crippen molar-refractivity contribution in [1.29, 1.82) is 0 Å². The lowest BCUT2D eigenvalue weighted by Crippen LogP contribution is -2.13. The Morgan fingerprint density at radius 1 is 1.21 bits per heavy atom. The van der Waals surface area contributed by atoms with Crippen LogP contribution in [0.2, 0.25) is 0 Å². The molecular weight excluding hydrogens is 370 g/mol. The van der Waals surface area contributed by atoms with Crippen LogP contribution in [-0.4, -0.2) is 19.6 Å². The first-order valence-corrected chi connectivity index (χ1v) is 8.64. The molecule has 0 aliphatic heterocycles. The van der Waals surface area contributed by atoms with Gasteiger partial charge in [0.2, 0.25) is 0 Å². The second kappa shape index (κ2) is 8.20. The van der Waals surface area contributed by atoms with Crippen LogP contribution in [0.3, 0.4) is 0 Å². The standard InChI is InChI=1S/C19H22BrNO3/c1-5-8-24-18-15(20)10-14(11-17(18)23-4)19(22)21-16-7-6-12(2)9-13(16)3/h6-7,9-11H,5,8H2,1-4H3,(H,21,22).